The van der Waals surface area contributed by atoms with E-state index in [1.807, 2.05) is 6.07 Å². The van der Waals surface area contributed by atoms with Gasteiger partial charge in [-0.25, -0.2) is 9.97 Å². The molecule has 1 N–H and O–H groups in total. The summed E-state index contributed by atoms with van der Waals surface area (Å²) < 4.78 is 4.76. The SMILES string of the molecule is c1cnc(NC2CCCN(Cc3ncon3)C2)nc1. The highest BCUT2D eigenvalue weighted by Gasteiger charge is 2.21. The molecular formula is C12H16N6O. The fourth-order valence-electron chi connectivity index (χ4n) is 2.34. The van der Waals surface area contributed by atoms with Crippen molar-refractivity contribution >= 4 is 5.95 Å². The molecule has 0 radical (unpaired) electrons. The van der Waals surface area contributed by atoms with Crippen LogP contribution in [-0.2, 0) is 6.54 Å². The summed E-state index contributed by atoms with van der Waals surface area (Å²) in [6.45, 7) is 2.72. The summed E-state index contributed by atoms with van der Waals surface area (Å²) in [5.41, 5.74) is 0. The van der Waals surface area contributed by atoms with Gasteiger partial charge < -0.3 is 9.84 Å². The van der Waals surface area contributed by atoms with Crippen LogP contribution in [-0.4, -0.2) is 44.1 Å². The zero-order valence-electron chi connectivity index (χ0n) is 10.6. The summed E-state index contributed by atoms with van der Waals surface area (Å²) in [7, 11) is 0. The van der Waals surface area contributed by atoms with Crippen molar-refractivity contribution in [3.63, 3.8) is 0 Å². The summed E-state index contributed by atoms with van der Waals surface area (Å²) in [5.74, 6) is 1.42. The van der Waals surface area contributed by atoms with Gasteiger partial charge in [0.25, 0.3) is 0 Å². The van der Waals surface area contributed by atoms with Gasteiger partial charge in [-0.05, 0) is 25.5 Å². The van der Waals surface area contributed by atoms with Gasteiger partial charge in [-0.2, -0.15) is 4.98 Å². The Morgan fingerprint density at radius 1 is 1.32 bits per heavy atom. The Balaban J connectivity index is 1.56. The lowest BCUT2D eigenvalue weighted by Crippen LogP contribution is -2.42. The summed E-state index contributed by atoms with van der Waals surface area (Å²) in [6.07, 6.45) is 7.13. The maximum atomic E-state index is 4.76. The Kier molecular flexibility index (Phi) is 3.64. The number of nitrogens with zero attached hydrogens (tertiary/aromatic N) is 5. The predicted octanol–water partition coefficient (Wildman–Crippen LogP) is 0.936. The third-order valence-electron chi connectivity index (χ3n) is 3.18. The zero-order chi connectivity index (χ0) is 12.9. The normalized spacial score (nSPS) is 20.3. The van der Waals surface area contributed by atoms with Crippen LogP contribution in [0.25, 0.3) is 0 Å². The summed E-state index contributed by atoms with van der Waals surface area (Å²) in [5, 5.41) is 7.21. The maximum absolute atomic E-state index is 4.76. The monoisotopic (exact) mass is 260 g/mol. The van der Waals surface area contributed by atoms with E-state index in [1.165, 1.54) is 6.39 Å². The number of piperidine rings is 1. The number of aromatic nitrogens is 4. The Hall–Kier alpha value is -2.02. The van der Waals surface area contributed by atoms with E-state index in [9.17, 15) is 0 Å². The minimum atomic E-state index is 0.364. The van der Waals surface area contributed by atoms with Crippen molar-refractivity contribution < 1.29 is 4.52 Å². The molecular weight excluding hydrogens is 244 g/mol. The number of anilines is 1. The van der Waals surface area contributed by atoms with Crippen LogP contribution in [0, 0.1) is 0 Å². The molecule has 0 aliphatic carbocycles. The molecule has 3 heterocycles. The highest BCUT2D eigenvalue weighted by atomic mass is 16.5. The lowest BCUT2D eigenvalue weighted by atomic mass is 10.1. The van der Waals surface area contributed by atoms with E-state index >= 15 is 0 Å². The molecule has 3 rings (SSSR count). The minimum absolute atomic E-state index is 0.364. The standard InChI is InChI=1S/C12H16N6O/c1-3-10(16-12-13-4-2-5-14-12)7-18(6-1)8-11-15-9-19-17-11/h2,4-5,9-10H,1,3,6-8H2,(H,13,14,16). The van der Waals surface area contributed by atoms with Gasteiger partial charge in [0.1, 0.15) is 0 Å². The van der Waals surface area contributed by atoms with Crippen molar-refractivity contribution in [2.75, 3.05) is 18.4 Å². The van der Waals surface area contributed by atoms with E-state index in [4.69, 9.17) is 4.52 Å². The molecule has 0 saturated carbocycles. The van der Waals surface area contributed by atoms with Gasteiger partial charge in [-0.15, -0.1) is 0 Å². The Morgan fingerprint density at radius 2 is 2.21 bits per heavy atom. The highest BCUT2D eigenvalue weighted by molar-refractivity contribution is 5.24. The number of likely N-dealkylation sites (tertiary alicyclic amines) is 1. The van der Waals surface area contributed by atoms with E-state index in [0.29, 0.717) is 12.0 Å². The average Bonchev–Trinajstić information content (AvgIpc) is 2.93. The van der Waals surface area contributed by atoms with Crippen molar-refractivity contribution in [3.05, 3.63) is 30.7 Å². The fourth-order valence-corrected chi connectivity index (χ4v) is 2.34. The van der Waals surface area contributed by atoms with E-state index in [0.717, 1.165) is 38.3 Å². The van der Waals surface area contributed by atoms with Crippen LogP contribution in [0.2, 0.25) is 0 Å². The summed E-state index contributed by atoms with van der Waals surface area (Å²) in [4.78, 5) is 14.8. The van der Waals surface area contributed by atoms with E-state index in [-0.39, 0.29) is 0 Å². The molecule has 7 nitrogen and oxygen atoms in total. The van der Waals surface area contributed by atoms with Crippen molar-refractivity contribution in [2.24, 2.45) is 0 Å². The lowest BCUT2D eigenvalue weighted by molar-refractivity contribution is 0.201. The summed E-state index contributed by atoms with van der Waals surface area (Å²) >= 11 is 0. The molecule has 0 bridgehead atoms. The second-order valence-electron chi connectivity index (χ2n) is 4.64. The van der Waals surface area contributed by atoms with Crippen LogP contribution in [0.4, 0.5) is 5.95 Å². The molecule has 7 heteroatoms. The van der Waals surface area contributed by atoms with Gasteiger partial charge in [0.15, 0.2) is 5.82 Å². The number of hydrogen-bond acceptors (Lipinski definition) is 7. The highest BCUT2D eigenvalue weighted by Crippen LogP contribution is 2.14. The first-order valence-electron chi connectivity index (χ1n) is 6.41. The molecule has 0 amide bonds. The van der Waals surface area contributed by atoms with E-state index in [2.05, 4.69) is 30.3 Å². The molecule has 1 atom stereocenters. The van der Waals surface area contributed by atoms with Crippen LogP contribution in [0.1, 0.15) is 18.7 Å². The van der Waals surface area contributed by atoms with Crippen molar-refractivity contribution in [2.45, 2.75) is 25.4 Å². The van der Waals surface area contributed by atoms with Gasteiger partial charge in [0.05, 0.1) is 6.54 Å². The lowest BCUT2D eigenvalue weighted by Gasteiger charge is -2.32. The van der Waals surface area contributed by atoms with Crippen molar-refractivity contribution in [1.29, 1.82) is 0 Å². The molecule has 2 aromatic heterocycles. The summed E-state index contributed by atoms with van der Waals surface area (Å²) in [6, 6.07) is 2.18. The van der Waals surface area contributed by atoms with E-state index in [1.54, 1.807) is 12.4 Å². The molecule has 1 saturated heterocycles. The van der Waals surface area contributed by atoms with Crippen LogP contribution < -0.4 is 5.32 Å². The topological polar surface area (TPSA) is 80.0 Å². The first-order valence-corrected chi connectivity index (χ1v) is 6.41. The third-order valence-corrected chi connectivity index (χ3v) is 3.18. The zero-order valence-corrected chi connectivity index (χ0v) is 10.6. The number of rotatable bonds is 4. The Labute approximate surface area is 111 Å². The van der Waals surface area contributed by atoms with Gasteiger partial charge >= 0.3 is 0 Å². The number of nitrogens with one attached hydrogen (secondary N) is 1. The van der Waals surface area contributed by atoms with Crippen LogP contribution in [0.3, 0.4) is 0 Å². The van der Waals surface area contributed by atoms with Gasteiger partial charge in [0, 0.05) is 25.0 Å². The quantitative estimate of drug-likeness (QED) is 0.876. The molecule has 1 aliphatic rings. The molecule has 1 unspecified atom stereocenters. The predicted molar refractivity (Wildman–Crippen MR) is 68.3 cm³/mol. The molecule has 1 aliphatic heterocycles. The van der Waals surface area contributed by atoms with Crippen LogP contribution in [0.15, 0.2) is 29.4 Å². The molecule has 2 aromatic rings. The van der Waals surface area contributed by atoms with Gasteiger partial charge in [-0.3, -0.25) is 4.90 Å². The minimum Gasteiger partial charge on any atom is -0.350 e. The second-order valence-corrected chi connectivity index (χ2v) is 4.64. The Morgan fingerprint density at radius 3 is 3.00 bits per heavy atom. The Bertz CT molecular complexity index is 488. The third kappa shape index (κ3) is 3.25. The first-order chi connectivity index (χ1) is 9.40. The molecule has 0 spiro atoms. The fraction of sp³-hybridized carbons (Fsp3) is 0.500. The number of hydrogen-bond donors (Lipinski definition) is 1. The first kappa shape index (κ1) is 12.0. The molecule has 0 aromatic carbocycles. The van der Waals surface area contributed by atoms with Crippen molar-refractivity contribution in [3.8, 4) is 0 Å². The van der Waals surface area contributed by atoms with Crippen molar-refractivity contribution in [1.82, 2.24) is 25.0 Å². The average molecular weight is 260 g/mol. The van der Waals surface area contributed by atoms with Gasteiger partial charge in [-0.1, -0.05) is 5.16 Å². The van der Waals surface area contributed by atoms with Crippen LogP contribution in [0.5, 0.6) is 0 Å². The molecule has 100 valence electrons. The molecule has 1 fully saturated rings. The largest absolute Gasteiger partial charge is 0.350 e. The molecule has 19 heavy (non-hydrogen) atoms. The smallest absolute Gasteiger partial charge is 0.222 e. The van der Waals surface area contributed by atoms with Crippen LogP contribution >= 0.6 is 0 Å². The van der Waals surface area contributed by atoms with E-state index < -0.39 is 0 Å². The second kappa shape index (κ2) is 5.75. The maximum Gasteiger partial charge on any atom is 0.222 e. The van der Waals surface area contributed by atoms with Gasteiger partial charge in [0.2, 0.25) is 12.3 Å².